The van der Waals surface area contributed by atoms with Gasteiger partial charge in [0.05, 0.1) is 23.2 Å². The Bertz CT molecular complexity index is 820. The molecule has 0 fully saturated rings. The molecule has 0 saturated heterocycles. The summed E-state index contributed by atoms with van der Waals surface area (Å²) in [5.41, 5.74) is 2.81. The minimum atomic E-state index is -0.954. The highest BCUT2D eigenvalue weighted by Crippen LogP contribution is 2.16. The zero-order valence-electron chi connectivity index (χ0n) is 11.8. The van der Waals surface area contributed by atoms with Gasteiger partial charge >= 0.3 is 5.97 Å². The van der Waals surface area contributed by atoms with E-state index in [4.69, 9.17) is 5.11 Å². The van der Waals surface area contributed by atoms with Crippen molar-refractivity contribution < 1.29 is 9.90 Å². The van der Waals surface area contributed by atoms with Crippen molar-refractivity contribution in [2.24, 2.45) is 4.99 Å². The maximum absolute atomic E-state index is 11.0. The summed E-state index contributed by atoms with van der Waals surface area (Å²) in [5.74, 6) is -0.954. The first-order valence-corrected chi connectivity index (χ1v) is 6.84. The summed E-state index contributed by atoms with van der Waals surface area (Å²) in [4.78, 5) is 15.3. The number of benzene rings is 2. The van der Waals surface area contributed by atoms with Crippen molar-refractivity contribution in [2.45, 2.75) is 0 Å². The van der Waals surface area contributed by atoms with E-state index in [2.05, 4.69) is 4.99 Å². The van der Waals surface area contributed by atoms with Crippen LogP contribution in [0.15, 0.2) is 77.9 Å². The average molecular weight is 290 g/mol. The van der Waals surface area contributed by atoms with E-state index < -0.39 is 5.97 Å². The molecule has 1 aromatic heterocycles. The molecule has 0 bridgehead atoms. The highest BCUT2D eigenvalue weighted by molar-refractivity contribution is 5.89. The maximum atomic E-state index is 11.0. The van der Waals surface area contributed by atoms with Gasteiger partial charge in [0.1, 0.15) is 0 Å². The summed E-state index contributed by atoms with van der Waals surface area (Å²) in [6.07, 6.45) is 3.69. The standard InChI is InChI=1S/C18H14N2O2/c21-18(22)14-6-4-7-15(12-14)19-13-17-10-5-11-20(17)16-8-2-1-3-9-16/h1-13H,(H,21,22). The average Bonchev–Trinajstić information content (AvgIpc) is 3.02. The molecule has 0 aliphatic heterocycles. The lowest BCUT2D eigenvalue weighted by molar-refractivity contribution is 0.0697. The van der Waals surface area contributed by atoms with Crippen LogP contribution in [0.2, 0.25) is 0 Å². The van der Waals surface area contributed by atoms with Crippen LogP contribution >= 0.6 is 0 Å². The third kappa shape index (κ3) is 2.96. The van der Waals surface area contributed by atoms with Gasteiger partial charge in [-0.15, -0.1) is 0 Å². The molecule has 0 radical (unpaired) electrons. The van der Waals surface area contributed by atoms with Crippen LogP contribution in [0.25, 0.3) is 5.69 Å². The highest BCUT2D eigenvalue weighted by atomic mass is 16.4. The molecule has 3 rings (SSSR count). The lowest BCUT2D eigenvalue weighted by Gasteiger charge is -2.05. The second kappa shape index (κ2) is 6.10. The first-order valence-electron chi connectivity index (χ1n) is 6.84. The van der Waals surface area contributed by atoms with E-state index >= 15 is 0 Å². The SMILES string of the molecule is O=C(O)c1cccc(N=Cc2cccn2-c2ccccc2)c1. The number of hydrogen-bond acceptors (Lipinski definition) is 2. The van der Waals surface area contributed by atoms with Crippen LogP contribution < -0.4 is 0 Å². The number of aliphatic imine (C=N–C) groups is 1. The molecule has 0 spiro atoms. The van der Waals surface area contributed by atoms with Crippen molar-refractivity contribution in [1.29, 1.82) is 0 Å². The molecule has 0 aliphatic rings. The lowest BCUT2D eigenvalue weighted by atomic mass is 10.2. The van der Waals surface area contributed by atoms with Crippen LogP contribution in [0.4, 0.5) is 5.69 Å². The van der Waals surface area contributed by atoms with E-state index in [1.165, 1.54) is 0 Å². The van der Waals surface area contributed by atoms with E-state index in [1.807, 2.05) is 53.2 Å². The van der Waals surface area contributed by atoms with E-state index in [0.717, 1.165) is 11.4 Å². The van der Waals surface area contributed by atoms with Crippen LogP contribution in [0, 0.1) is 0 Å². The van der Waals surface area contributed by atoms with Gasteiger partial charge in [-0.2, -0.15) is 0 Å². The van der Waals surface area contributed by atoms with Gasteiger partial charge in [0.2, 0.25) is 0 Å². The molecule has 0 aliphatic carbocycles. The van der Waals surface area contributed by atoms with Gasteiger partial charge in [-0.1, -0.05) is 24.3 Å². The number of carbonyl (C=O) groups is 1. The van der Waals surface area contributed by atoms with E-state index in [-0.39, 0.29) is 5.56 Å². The molecule has 0 unspecified atom stereocenters. The number of para-hydroxylation sites is 1. The van der Waals surface area contributed by atoms with Crippen LogP contribution in [0.5, 0.6) is 0 Å². The normalized spacial score (nSPS) is 10.9. The fourth-order valence-electron chi connectivity index (χ4n) is 2.18. The predicted molar refractivity (Wildman–Crippen MR) is 86.4 cm³/mol. The molecular formula is C18H14N2O2. The highest BCUT2D eigenvalue weighted by Gasteiger charge is 2.03. The number of carboxylic acids is 1. The minimum absolute atomic E-state index is 0.230. The molecule has 1 heterocycles. The van der Waals surface area contributed by atoms with Gasteiger partial charge in [-0.3, -0.25) is 4.99 Å². The predicted octanol–water partition coefficient (Wildman–Crippen LogP) is 3.93. The van der Waals surface area contributed by atoms with Gasteiger partial charge in [-0.05, 0) is 42.5 Å². The Morgan fingerprint density at radius 1 is 1.00 bits per heavy atom. The molecule has 1 N–H and O–H groups in total. The van der Waals surface area contributed by atoms with Crippen molar-refractivity contribution >= 4 is 17.9 Å². The zero-order valence-corrected chi connectivity index (χ0v) is 11.8. The lowest BCUT2D eigenvalue weighted by Crippen LogP contribution is -1.97. The quantitative estimate of drug-likeness (QED) is 0.740. The van der Waals surface area contributed by atoms with Crippen molar-refractivity contribution in [3.05, 3.63) is 84.2 Å². The fraction of sp³-hybridized carbons (Fsp3) is 0. The Balaban J connectivity index is 1.90. The summed E-state index contributed by atoms with van der Waals surface area (Å²) in [5, 5.41) is 9.00. The Morgan fingerprint density at radius 3 is 2.59 bits per heavy atom. The van der Waals surface area contributed by atoms with E-state index in [9.17, 15) is 4.79 Å². The van der Waals surface area contributed by atoms with Crippen molar-refractivity contribution in [2.75, 3.05) is 0 Å². The number of carboxylic acid groups (broad SMARTS) is 1. The van der Waals surface area contributed by atoms with Gasteiger partial charge in [0.15, 0.2) is 0 Å². The van der Waals surface area contributed by atoms with E-state index in [1.54, 1.807) is 30.5 Å². The first kappa shape index (κ1) is 13.8. The third-order valence-electron chi connectivity index (χ3n) is 3.25. The number of rotatable bonds is 4. The van der Waals surface area contributed by atoms with Gasteiger partial charge < -0.3 is 9.67 Å². The number of hydrogen-bond donors (Lipinski definition) is 1. The topological polar surface area (TPSA) is 54.6 Å². The molecule has 22 heavy (non-hydrogen) atoms. The minimum Gasteiger partial charge on any atom is -0.478 e. The van der Waals surface area contributed by atoms with Crippen LogP contribution in [-0.2, 0) is 0 Å². The van der Waals surface area contributed by atoms with Gasteiger partial charge in [0.25, 0.3) is 0 Å². The fourth-order valence-corrected chi connectivity index (χ4v) is 2.18. The molecule has 0 atom stereocenters. The van der Waals surface area contributed by atoms with Crippen molar-refractivity contribution in [1.82, 2.24) is 4.57 Å². The molecule has 0 saturated carbocycles. The van der Waals surface area contributed by atoms with Gasteiger partial charge in [0, 0.05) is 11.9 Å². The molecule has 3 aromatic rings. The molecule has 2 aromatic carbocycles. The van der Waals surface area contributed by atoms with Crippen molar-refractivity contribution in [3.8, 4) is 5.69 Å². The van der Waals surface area contributed by atoms with Crippen LogP contribution in [0.1, 0.15) is 16.1 Å². The first-order chi connectivity index (χ1) is 10.7. The Kier molecular flexibility index (Phi) is 3.83. The Labute approximate surface area is 128 Å². The monoisotopic (exact) mass is 290 g/mol. The second-order valence-corrected chi connectivity index (χ2v) is 4.75. The molecule has 0 amide bonds. The van der Waals surface area contributed by atoms with E-state index in [0.29, 0.717) is 5.69 Å². The number of aromatic carboxylic acids is 1. The Hall–Kier alpha value is -3.14. The molecule has 4 heteroatoms. The smallest absolute Gasteiger partial charge is 0.335 e. The van der Waals surface area contributed by atoms with Crippen molar-refractivity contribution in [3.63, 3.8) is 0 Å². The second-order valence-electron chi connectivity index (χ2n) is 4.75. The number of nitrogens with zero attached hydrogens (tertiary/aromatic N) is 2. The molecule has 108 valence electrons. The summed E-state index contributed by atoms with van der Waals surface area (Å²) in [7, 11) is 0. The summed E-state index contributed by atoms with van der Waals surface area (Å²) >= 11 is 0. The van der Waals surface area contributed by atoms with Gasteiger partial charge in [-0.25, -0.2) is 4.79 Å². The summed E-state index contributed by atoms with van der Waals surface area (Å²) in [6, 6.07) is 20.4. The maximum Gasteiger partial charge on any atom is 0.335 e. The Morgan fingerprint density at radius 2 is 1.82 bits per heavy atom. The third-order valence-corrected chi connectivity index (χ3v) is 3.25. The summed E-state index contributed by atoms with van der Waals surface area (Å²) in [6.45, 7) is 0. The van der Waals surface area contributed by atoms with Crippen LogP contribution in [0.3, 0.4) is 0 Å². The molecule has 4 nitrogen and oxygen atoms in total. The zero-order chi connectivity index (χ0) is 15.4. The largest absolute Gasteiger partial charge is 0.478 e. The molecular weight excluding hydrogens is 276 g/mol. The van der Waals surface area contributed by atoms with Crippen LogP contribution in [-0.4, -0.2) is 21.9 Å². The number of aromatic nitrogens is 1. The summed E-state index contributed by atoms with van der Waals surface area (Å²) < 4.78 is 2.02.